The van der Waals surface area contributed by atoms with Crippen molar-refractivity contribution in [3.05, 3.63) is 40.7 Å². The number of H-pyrrole nitrogens is 1. The topological polar surface area (TPSA) is 113 Å². The summed E-state index contributed by atoms with van der Waals surface area (Å²) in [5, 5.41) is 13.0. The number of nitrogens with zero attached hydrogens (tertiary/aromatic N) is 1. The number of benzene rings is 1. The highest BCUT2D eigenvalue weighted by Gasteiger charge is 2.14. The van der Waals surface area contributed by atoms with Crippen LogP contribution in [-0.2, 0) is 0 Å². The molecule has 0 fully saturated rings. The molecule has 0 spiro atoms. The molecule has 0 aliphatic carbocycles. The Bertz CT molecular complexity index is 600. The van der Waals surface area contributed by atoms with E-state index in [9.17, 15) is 9.59 Å². The average Bonchev–Trinajstić information content (AvgIpc) is 2.58. The number of anilines is 2. The number of hydrogen-bond acceptors (Lipinski definition) is 3. The van der Waals surface area contributed by atoms with Crippen LogP contribution in [0.25, 0.3) is 5.69 Å². The predicted octanol–water partition coefficient (Wildman–Crippen LogP) is 0.838. The van der Waals surface area contributed by atoms with E-state index in [0.29, 0.717) is 5.69 Å². The molecule has 0 aliphatic rings. The van der Waals surface area contributed by atoms with Gasteiger partial charge in [0.2, 0.25) is 0 Å². The third-order valence-corrected chi connectivity index (χ3v) is 2.18. The highest BCUT2D eigenvalue weighted by molar-refractivity contribution is 5.86. The van der Waals surface area contributed by atoms with Crippen LogP contribution in [0.1, 0.15) is 0 Å². The molecular formula is C10H10N4O3. The molecule has 0 saturated carbocycles. The zero-order valence-electron chi connectivity index (χ0n) is 8.68. The van der Waals surface area contributed by atoms with E-state index in [1.807, 2.05) is 11.4 Å². The van der Waals surface area contributed by atoms with E-state index in [2.05, 4.69) is 5.10 Å². The van der Waals surface area contributed by atoms with Crippen LogP contribution in [0.4, 0.5) is 16.3 Å². The first-order valence-corrected chi connectivity index (χ1v) is 4.75. The van der Waals surface area contributed by atoms with Crippen LogP contribution in [0.5, 0.6) is 0 Å². The fraction of sp³-hybridized carbons (Fsp3) is 0. The van der Waals surface area contributed by atoms with E-state index < -0.39 is 11.7 Å². The molecule has 2 aromatic rings. The number of amides is 1. The van der Waals surface area contributed by atoms with E-state index in [1.54, 1.807) is 24.3 Å². The lowest BCUT2D eigenvalue weighted by atomic mass is 10.3. The zero-order chi connectivity index (χ0) is 12.4. The first kappa shape index (κ1) is 10.8. The average molecular weight is 234 g/mol. The first-order valence-electron chi connectivity index (χ1n) is 4.75. The number of hydrogen-bond donors (Lipinski definition) is 4. The van der Waals surface area contributed by atoms with Crippen molar-refractivity contribution < 1.29 is 9.90 Å². The highest BCUT2D eigenvalue weighted by Crippen LogP contribution is 2.17. The van der Waals surface area contributed by atoms with Crippen LogP contribution in [-0.4, -0.2) is 21.0 Å². The van der Waals surface area contributed by atoms with E-state index in [0.717, 1.165) is 0 Å². The molecule has 0 saturated heterocycles. The van der Waals surface area contributed by atoms with Crippen molar-refractivity contribution in [1.82, 2.24) is 9.78 Å². The largest absolute Gasteiger partial charge is 0.465 e. The van der Waals surface area contributed by atoms with Crippen molar-refractivity contribution in [2.45, 2.75) is 0 Å². The number of carbonyl (C=O) groups is 1. The van der Waals surface area contributed by atoms with Crippen LogP contribution >= 0.6 is 0 Å². The Morgan fingerprint density at radius 3 is 2.59 bits per heavy atom. The Kier molecular flexibility index (Phi) is 2.57. The molecule has 88 valence electrons. The van der Waals surface area contributed by atoms with Crippen molar-refractivity contribution in [2.75, 3.05) is 11.1 Å². The summed E-state index contributed by atoms with van der Waals surface area (Å²) in [4.78, 5) is 22.0. The molecular weight excluding hydrogens is 224 g/mol. The van der Waals surface area contributed by atoms with Gasteiger partial charge in [-0.25, -0.2) is 9.48 Å². The van der Waals surface area contributed by atoms with Gasteiger partial charge in [0, 0.05) is 0 Å². The van der Waals surface area contributed by atoms with Crippen molar-refractivity contribution in [3.63, 3.8) is 0 Å². The van der Waals surface area contributed by atoms with Gasteiger partial charge in [0.05, 0.1) is 5.69 Å². The smallest absolute Gasteiger partial charge is 0.409 e. The van der Waals surface area contributed by atoms with Gasteiger partial charge < -0.3 is 10.8 Å². The normalized spacial score (nSPS) is 10.1. The minimum absolute atomic E-state index is 0.0172. The van der Waals surface area contributed by atoms with Crippen molar-refractivity contribution in [3.8, 4) is 5.69 Å². The van der Waals surface area contributed by atoms with Gasteiger partial charge >= 0.3 is 6.09 Å². The maximum Gasteiger partial charge on any atom is 0.409 e. The van der Waals surface area contributed by atoms with E-state index in [-0.39, 0.29) is 11.5 Å². The molecule has 1 heterocycles. The van der Waals surface area contributed by atoms with Gasteiger partial charge in [0.15, 0.2) is 11.5 Å². The third kappa shape index (κ3) is 1.98. The molecule has 0 bridgehead atoms. The summed E-state index contributed by atoms with van der Waals surface area (Å²) in [6.07, 6.45) is -1.34. The molecule has 0 aliphatic heterocycles. The lowest BCUT2D eigenvalue weighted by molar-refractivity contribution is 0.209. The first-order chi connectivity index (χ1) is 8.09. The monoisotopic (exact) mass is 234 g/mol. The lowest BCUT2D eigenvalue weighted by Crippen LogP contribution is -2.15. The van der Waals surface area contributed by atoms with E-state index in [1.165, 1.54) is 4.68 Å². The zero-order valence-corrected chi connectivity index (χ0v) is 8.68. The Morgan fingerprint density at radius 2 is 2.00 bits per heavy atom. The number of carboxylic acid groups (broad SMARTS) is 1. The van der Waals surface area contributed by atoms with Gasteiger partial charge in [0.1, 0.15) is 0 Å². The number of aromatic amines is 1. The molecule has 1 amide bonds. The van der Waals surface area contributed by atoms with Crippen LogP contribution in [0.3, 0.4) is 0 Å². The van der Waals surface area contributed by atoms with Gasteiger partial charge in [0.25, 0.3) is 5.56 Å². The van der Waals surface area contributed by atoms with Gasteiger partial charge in [-0.2, -0.15) is 0 Å². The van der Waals surface area contributed by atoms with Crippen molar-refractivity contribution in [1.29, 1.82) is 0 Å². The number of aromatic nitrogens is 2. The van der Waals surface area contributed by atoms with Gasteiger partial charge in [-0.3, -0.25) is 15.2 Å². The molecule has 17 heavy (non-hydrogen) atoms. The summed E-state index contributed by atoms with van der Waals surface area (Å²) in [6, 6.07) is 8.83. The lowest BCUT2D eigenvalue weighted by Gasteiger charge is -2.04. The fourth-order valence-electron chi connectivity index (χ4n) is 1.45. The summed E-state index contributed by atoms with van der Waals surface area (Å²) in [7, 11) is 0. The van der Waals surface area contributed by atoms with Gasteiger partial charge in [-0.1, -0.05) is 18.2 Å². The second-order valence-electron chi connectivity index (χ2n) is 3.30. The molecule has 7 nitrogen and oxygen atoms in total. The Hall–Kier alpha value is -2.70. The second-order valence-corrected chi connectivity index (χ2v) is 3.30. The summed E-state index contributed by atoms with van der Waals surface area (Å²) in [5.74, 6) is 0.0172. The molecule has 2 rings (SSSR count). The van der Waals surface area contributed by atoms with Crippen molar-refractivity contribution in [2.24, 2.45) is 0 Å². The maximum absolute atomic E-state index is 11.5. The molecule has 0 unspecified atom stereocenters. The molecule has 1 aromatic carbocycles. The fourth-order valence-corrected chi connectivity index (χ4v) is 1.45. The molecule has 0 radical (unpaired) electrons. The van der Waals surface area contributed by atoms with Crippen LogP contribution in [0, 0.1) is 0 Å². The Morgan fingerprint density at radius 1 is 1.35 bits per heavy atom. The summed E-state index contributed by atoms with van der Waals surface area (Å²) in [6.45, 7) is 0. The number of nitrogens with two attached hydrogens (primary N) is 1. The van der Waals surface area contributed by atoms with Gasteiger partial charge in [-0.15, -0.1) is 0 Å². The minimum Gasteiger partial charge on any atom is -0.465 e. The van der Waals surface area contributed by atoms with Crippen LogP contribution in [0.15, 0.2) is 35.1 Å². The van der Waals surface area contributed by atoms with Crippen LogP contribution in [0.2, 0.25) is 0 Å². The highest BCUT2D eigenvalue weighted by atomic mass is 16.4. The number of para-hydroxylation sites is 1. The van der Waals surface area contributed by atoms with E-state index >= 15 is 0 Å². The van der Waals surface area contributed by atoms with E-state index in [4.69, 9.17) is 10.8 Å². The molecule has 1 aromatic heterocycles. The number of rotatable bonds is 2. The summed E-state index contributed by atoms with van der Waals surface area (Å²) in [5.41, 5.74) is 5.56. The number of nitrogen functional groups attached to an aromatic ring is 1. The number of nitrogens with one attached hydrogen (secondary N) is 2. The maximum atomic E-state index is 11.5. The quantitative estimate of drug-likeness (QED) is 0.616. The Balaban J connectivity index is 2.52. The standard InChI is InChI=1S/C10H10N4O3/c11-8-7(12-10(16)17)9(15)13-14(8)6-4-2-1-3-5-6/h1-5,12H,11H2,(H,13,15)(H,16,17). The molecule has 5 N–H and O–H groups in total. The molecule has 7 heteroatoms. The summed E-state index contributed by atoms with van der Waals surface area (Å²) < 4.78 is 1.31. The predicted molar refractivity (Wildman–Crippen MR) is 62.4 cm³/mol. The molecule has 0 atom stereocenters. The second kappa shape index (κ2) is 4.05. The SMILES string of the molecule is Nc1c(NC(=O)O)c(=O)[nH]n1-c1ccccc1. The van der Waals surface area contributed by atoms with Crippen molar-refractivity contribution >= 4 is 17.6 Å². The van der Waals surface area contributed by atoms with Crippen LogP contribution < -0.4 is 16.6 Å². The van der Waals surface area contributed by atoms with Gasteiger partial charge in [-0.05, 0) is 12.1 Å². The Labute approximate surface area is 95.5 Å². The minimum atomic E-state index is -1.34. The third-order valence-electron chi connectivity index (χ3n) is 2.18. The summed E-state index contributed by atoms with van der Waals surface area (Å²) >= 11 is 0.